The predicted octanol–water partition coefficient (Wildman–Crippen LogP) is 4.99. The summed E-state index contributed by atoms with van der Waals surface area (Å²) in [4.78, 5) is 10.0. The molecule has 1 fully saturated rings. The van der Waals surface area contributed by atoms with Crippen molar-refractivity contribution in [2.24, 2.45) is 5.92 Å². The first kappa shape index (κ1) is 17.1. The van der Waals surface area contributed by atoms with Gasteiger partial charge in [0.05, 0.1) is 0 Å². The Kier molecular flexibility index (Phi) is 18.3. The third kappa shape index (κ3) is 11.6. The van der Waals surface area contributed by atoms with Crippen LogP contribution in [0.15, 0.2) is 0 Å². The maximum Gasteiger partial charge on any atom is 0.119 e. The van der Waals surface area contributed by atoms with E-state index in [2.05, 4.69) is 0 Å². The lowest BCUT2D eigenvalue weighted by Gasteiger charge is -2.20. The van der Waals surface area contributed by atoms with Crippen LogP contribution in [0.1, 0.15) is 79.1 Å². The Hall–Kier alpha value is -0.330. The van der Waals surface area contributed by atoms with Crippen molar-refractivity contribution in [3.05, 3.63) is 0 Å². The summed E-state index contributed by atoms with van der Waals surface area (Å²) in [5.74, 6) is 0.948. The molecule has 0 atom stereocenters. The quantitative estimate of drug-likeness (QED) is 0.476. The van der Waals surface area contributed by atoms with Crippen molar-refractivity contribution < 1.29 is 4.79 Å². The lowest BCUT2D eigenvalue weighted by molar-refractivity contribution is -0.108. The van der Waals surface area contributed by atoms with Crippen LogP contribution in [-0.2, 0) is 4.79 Å². The van der Waals surface area contributed by atoms with Crippen LogP contribution in [0.25, 0.3) is 0 Å². The smallest absolute Gasteiger partial charge is 0.119 e. The second-order valence-corrected chi connectivity index (χ2v) is 3.60. The Bertz CT molecular complexity index is 104. The van der Waals surface area contributed by atoms with E-state index in [4.69, 9.17) is 0 Å². The van der Waals surface area contributed by atoms with Crippen molar-refractivity contribution in [1.82, 2.24) is 0 Å². The van der Waals surface area contributed by atoms with Crippen molar-refractivity contribution in [2.75, 3.05) is 0 Å². The van der Waals surface area contributed by atoms with Crippen molar-refractivity contribution in [3.63, 3.8) is 0 Å². The van der Waals surface area contributed by atoms with E-state index in [0.29, 0.717) is 0 Å². The first-order valence-corrected chi connectivity index (χ1v) is 6.87. The number of rotatable bonds is 4. The molecule has 0 aromatic heterocycles. The molecule has 1 heteroatoms. The van der Waals surface area contributed by atoms with E-state index in [0.717, 1.165) is 25.0 Å². The van der Waals surface area contributed by atoms with Crippen LogP contribution in [0, 0.1) is 5.92 Å². The monoisotopic (exact) mass is 214 g/mol. The van der Waals surface area contributed by atoms with E-state index in [9.17, 15) is 4.79 Å². The highest BCUT2D eigenvalue weighted by molar-refractivity contribution is 5.48. The summed E-state index contributed by atoms with van der Waals surface area (Å²) >= 11 is 0. The number of aldehydes is 1. The maximum atomic E-state index is 10.0. The standard InChI is InChI=1S/C10H18O.2C2H6/c11-9-5-4-8-10-6-2-1-3-7-10;2*1-2/h9-10H,1-8H2;2*1-2H3. The number of hydrogen-bond donors (Lipinski definition) is 0. The van der Waals surface area contributed by atoms with Crippen LogP contribution in [0.2, 0.25) is 0 Å². The molecule has 0 unspecified atom stereocenters. The van der Waals surface area contributed by atoms with Crippen LogP contribution < -0.4 is 0 Å². The van der Waals surface area contributed by atoms with Gasteiger partial charge >= 0.3 is 0 Å². The van der Waals surface area contributed by atoms with Gasteiger partial charge in [-0.05, 0) is 12.3 Å². The van der Waals surface area contributed by atoms with Crippen molar-refractivity contribution in [2.45, 2.75) is 79.1 Å². The van der Waals surface area contributed by atoms with Crippen molar-refractivity contribution in [1.29, 1.82) is 0 Å². The minimum absolute atomic E-state index is 0.774. The molecule has 0 aromatic rings. The first-order valence-electron chi connectivity index (χ1n) is 6.87. The van der Waals surface area contributed by atoms with Crippen LogP contribution in [-0.4, -0.2) is 6.29 Å². The van der Waals surface area contributed by atoms with Gasteiger partial charge in [-0.15, -0.1) is 0 Å². The minimum atomic E-state index is 0.774. The van der Waals surface area contributed by atoms with Gasteiger partial charge in [0.25, 0.3) is 0 Å². The largest absolute Gasteiger partial charge is 0.303 e. The summed E-state index contributed by atoms with van der Waals surface area (Å²) < 4.78 is 0. The molecule has 0 aromatic carbocycles. The van der Waals surface area contributed by atoms with Gasteiger partial charge in [0, 0.05) is 6.42 Å². The molecular formula is C14H30O. The zero-order valence-electron chi connectivity index (χ0n) is 11.2. The topological polar surface area (TPSA) is 17.1 Å². The fourth-order valence-electron chi connectivity index (χ4n) is 1.97. The van der Waals surface area contributed by atoms with E-state index in [1.807, 2.05) is 27.7 Å². The zero-order chi connectivity index (χ0) is 11.9. The number of carbonyl (C=O) groups is 1. The SMILES string of the molecule is CC.CC.O=CCCCC1CCCCC1. The molecule has 0 spiro atoms. The maximum absolute atomic E-state index is 10.0. The molecule has 1 aliphatic carbocycles. The minimum Gasteiger partial charge on any atom is -0.303 e. The molecule has 0 saturated heterocycles. The third-order valence-corrected chi connectivity index (χ3v) is 2.66. The fourth-order valence-corrected chi connectivity index (χ4v) is 1.97. The Morgan fingerprint density at radius 3 is 2.00 bits per heavy atom. The Balaban J connectivity index is 0. The highest BCUT2D eigenvalue weighted by Gasteiger charge is 2.11. The van der Waals surface area contributed by atoms with Crippen LogP contribution >= 0.6 is 0 Å². The summed E-state index contributed by atoms with van der Waals surface area (Å²) in [6.45, 7) is 8.00. The van der Waals surface area contributed by atoms with Gasteiger partial charge in [0.15, 0.2) is 0 Å². The van der Waals surface area contributed by atoms with Crippen LogP contribution in [0.5, 0.6) is 0 Å². The second-order valence-electron chi connectivity index (χ2n) is 3.60. The molecular weight excluding hydrogens is 184 g/mol. The number of carbonyl (C=O) groups excluding carboxylic acids is 1. The molecule has 0 heterocycles. The van der Waals surface area contributed by atoms with Gasteiger partial charge in [0.2, 0.25) is 0 Å². The van der Waals surface area contributed by atoms with Crippen LogP contribution in [0.3, 0.4) is 0 Å². The molecule has 15 heavy (non-hydrogen) atoms. The summed E-state index contributed by atoms with van der Waals surface area (Å²) in [6, 6.07) is 0. The molecule has 0 amide bonds. The van der Waals surface area contributed by atoms with Gasteiger partial charge in [-0.2, -0.15) is 0 Å². The van der Waals surface area contributed by atoms with Crippen molar-refractivity contribution in [3.8, 4) is 0 Å². The summed E-state index contributed by atoms with van der Waals surface area (Å²) in [7, 11) is 0. The number of hydrogen-bond acceptors (Lipinski definition) is 1. The average Bonchev–Trinajstić information content (AvgIpc) is 2.36. The van der Waals surface area contributed by atoms with Crippen LogP contribution in [0.4, 0.5) is 0 Å². The molecule has 1 aliphatic rings. The molecule has 0 bridgehead atoms. The molecule has 0 radical (unpaired) electrons. The van der Waals surface area contributed by atoms with Gasteiger partial charge in [-0.3, -0.25) is 0 Å². The summed E-state index contributed by atoms with van der Waals surface area (Å²) in [5, 5.41) is 0. The molecule has 1 nitrogen and oxygen atoms in total. The molecule has 1 saturated carbocycles. The van der Waals surface area contributed by atoms with Gasteiger partial charge < -0.3 is 4.79 Å². The molecule has 92 valence electrons. The Morgan fingerprint density at radius 2 is 1.53 bits per heavy atom. The lowest BCUT2D eigenvalue weighted by atomic mass is 9.86. The normalized spacial score (nSPS) is 15.5. The summed E-state index contributed by atoms with van der Waals surface area (Å²) in [6.07, 6.45) is 11.3. The molecule has 0 N–H and O–H groups in total. The lowest BCUT2D eigenvalue weighted by Crippen LogP contribution is -2.05. The van der Waals surface area contributed by atoms with E-state index in [1.165, 1.54) is 38.5 Å². The Morgan fingerprint density at radius 1 is 1.00 bits per heavy atom. The van der Waals surface area contributed by atoms with Gasteiger partial charge in [-0.25, -0.2) is 0 Å². The highest BCUT2D eigenvalue weighted by Crippen LogP contribution is 2.27. The van der Waals surface area contributed by atoms with Gasteiger partial charge in [-0.1, -0.05) is 66.2 Å². The first-order chi connectivity index (χ1) is 7.43. The van der Waals surface area contributed by atoms with E-state index in [-0.39, 0.29) is 0 Å². The Labute approximate surface area is 96.7 Å². The van der Waals surface area contributed by atoms with Gasteiger partial charge in [0.1, 0.15) is 6.29 Å². The summed E-state index contributed by atoms with van der Waals surface area (Å²) in [5.41, 5.74) is 0. The predicted molar refractivity (Wildman–Crippen MR) is 69.2 cm³/mol. The zero-order valence-corrected chi connectivity index (χ0v) is 11.2. The van der Waals surface area contributed by atoms with E-state index >= 15 is 0 Å². The van der Waals surface area contributed by atoms with E-state index in [1.54, 1.807) is 0 Å². The second kappa shape index (κ2) is 16.1. The van der Waals surface area contributed by atoms with Crippen molar-refractivity contribution >= 4 is 6.29 Å². The third-order valence-electron chi connectivity index (χ3n) is 2.66. The molecule has 1 rings (SSSR count). The average molecular weight is 214 g/mol. The number of unbranched alkanes of at least 4 members (excludes halogenated alkanes) is 1. The van der Waals surface area contributed by atoms with E-state index < -0.39 is 0 Å². The molecule has 0 aliphatic heterocycles. The highest BCUT2D eigenvalue weighted by atomic mass is 16.1. The fraction of sp³-hybridized carbons (Fsp3) is 0.929.